The van der Waals surface area contributed by atoms with Gasteiger partial charge in [0.1, 0.15) is 11.9 Å². The van der Waals surface area contributed by atoms with Gasteiger partial charge in [-0.15, -0.1) is 10.2 Å². The number of hydrogen-bond donors (Lipinski definition) is 0. The number of aryl methyl sites for hydroxylation is 1. The number of piperidine rings is 1. The molecule has 2 aromatic heterocycles. The lowest BCUT2D eigenvalue weighted by atomic mass is 10.1. The second kappa shape index (κ2) is 8.41. The number of sulfonamides is 1. The van der Waals surface area contributed by atoms with Gasteiger partial charge in [0.25, 0.3) is 0 Å². The monoisotopic (exact) mass is 429 g/mol. The topological polar surface area (TPSA) is 99.4 Å². The summed E-state index contributed by atoms with van der Waals surface area (Å²) in [5.74, 6) is 1.68. The summed E-state index contributed by atoms with van der Waals surface area (Å²) in [7, 11) is -1.99. The van der Waals surface area contributed by atoms with Gasteiger partial charge in [0.05, 0.1) is 12.0 Å². The summed E-state index contributed by atoms with van der Waals surface area (Å²) in [5, 5.41) is 12.3. The lowest BCUT2D eigenvalue weighted by Crippen LogP contribution is -2.41. The summed E-state index contributed by atoms with van der Waals surface area (Å²) >= 11 is 0. The Morgan fingerprint density at radius 1 is 1.10 bits per heavy atom. The van der Waals surface area contributed by atoms with Crippen molar-refractivity contribution in [3.05, 3.63) is 54.4 Å². The molecule has 0 unspecified atom stereocenters. The highest BCUT2D eigenvalue weighted by atomic mass is 32.2. The number of methoxy groups -OCH3 is 1. The Labute approximate surface area is 175 Å². The Balaban J connectivity index is 1.37. The van der Waals surface area contributed by atoms with Crippen LogP contribution < -0.4 is 9.47 Å². The van der Waals surface area contributed by atoms with Gasteiger partial charge in [0, 0.05) is 31.5 Å². The molecule has 0 N–H and O–H groups in total. The van der Waals surface area contributed by atoms with E-state index < -0.39 is 10.0 Å². The molecule has 0 atom stereocenters. The first-order chi connectivity index (χ1) is 14.5. The molecule has 1 saturated heterocycles. The molecule has 0 saturated carbocycles. The summed E-state index contributed by atoms with van der Waals surface area (Å²) < 4.78 is 40.2. The summed E-state index contributed by atoms with van der Waals surface area (Å²) in [5.41, 5.74) is 0.786. The van der Waals surface area contributed by atoms with Crippen molar-refractivity contribution in [3.63, 3.8) is 0 Å². The molecule has 0 aliphatic carbocycles. The van der Waals surface area contributed by atoms with E-state index in [2.05, 4.69) is 15.3 Å². The van der Waals surface area contributed by atoms with Crippen LogP contribution in [-0.2, 0) is 10.0 Å². The van der Waals surface area contributed by atoms with E-state index in [0.717, 1.165) is 5.56 Å². The van der Waals surface area contributed by atoms with Gasteiger partial charge < -0.3 is 9.47 Å². The average molecular weight is 430 g/mol. The van der Waals surface area contributed by atoms with Gasteiger partial charge in [-0.3, -0.25) is 0 Å². The van der Waals surface area contributed by atoms with Crippen LogP contribution in [0.5, 0.6) is 11.6 Å². The number of ether oxygens (including phenoxy) is 2. The molecule has 0 spiro atoms. The van der Waals surface area contributed by atoms with E-state index in [1.54, 1.807) is 60.6 Å². The van der Waals surface area contributed by atoms with Gasteiger partial charge in [-0.25, -0.2) is 13.1 Å². The molecule has 3 heterocycles. The Morgan fingerprint density at radius 3 is 2.50 bits per heavy atom. The molecular weight excluding hydrogens is 406 g/mol. The molecule has 1 aliphatic rings. The van der Waals surface area contributed by atoms with Crippen LogP contribution in [0.2, 0.25) is 0 Å². The molecule has 0 bridgehead atoms. The van der Waals surface area contributed by atoms with Crippen molar-refractivity contribution in [2.24, 2.45) is 0 Å². The average Bonchev–Trinajstić information content (AvgIpc) is 3.29. The van der Waals surface area contributed by atoms with Crippen LogP contribution >= 0.6 is 0 Å². The van der Waals surface area contributed by atoms with Gasteiger partial charge in [0.2, 0.25) is 15.9 Å². The Bertz CT molecular complexity index is 1090. The predicted octanol–water partition coefficient (Wildman–Crippen LogP) is 2.21. The first-order valence-electron chi connectivity index (χ1n) is 9.62. The number of aromatic nitrogens is 4. The van der Waals surface area contributed by atoms with Crippen molar-refractivity contribution in [1.82, 2.24) is 24.3 Å². The number of hydrogen-bond acceptors (Lipinski definition) is 7. The van der Waals surface area contributed by atoms with E-state index in [-0.39, 0.29) is 11.0 Å². The lowest BCUT2D eigenvalue weighted by molar-refractivity contribution is 0.128. The fraction of sp³-hybridized carbons (Fsp3) is 0.350. The molecular formula is C20H23N5O4S. The highest BCUT2D eigenvalue weighted by molar-refractivity contribution is 7.89. The highest BCUT2D eigenvalue weighted by Gasteiger charge is 2.30. The molecule has 9 nitrogen and oxygen atoms in total. The minimum Gasteiger partial charge on any atom is -0.496 e. The smallest absolute Gasteiger partial charge is 0.243 e. The van der Waals surface area contributed by atoms with Crippen LogP contribution in [0.15, 0.2) is 53.7 Å². The van der Waals surface area contributed by atoms with Crippen molar-refractivity contribution in [2.75, 3.05) is 20.2 Å². The van der Waals surface area contributed by atoms with E-state index in [9.17, 15) is 8.42 Å². The van der Waals surface area contributed by atoms with Crippen LogP contribution in [0.3, 0.4) is 0 Å². The fourth-order valence-corrected chi connectivity index (χ4v) is 4.98. The number of rotatable bonds is 6. The molecule has 1 aliphatic heterocycles. The first kappa shape index (κ1) is 20.3. The highest BCUT2D eigenvalue weighted by Crippen LogP contribution is 2.26. The molecule has 3 aromatic rings. The van der Waals surface area contributed by atoms with Crippen LogP contribution in [0, 0.1) is 6.92 Å². The summed E-state index contributed by atoms with van der Waals surface area (Å²) in [6, 6.07) is 10.2. The molecule has 30 heavy (non-hydrogen) atoms. The largest absolute Gasteiger partial charge is 0.496 e. The third kappa shape index (κ3) is 4.14. The normalized spacial score (nSPS) is 15.8. The molecule has 4 rings (SSSR count). The Kier molecular flexibility index (Phi) is 5.69. The van der Waals surface area contributed by atoms with Crippen LogP contribution in [0.1, 0.15) is 18.4 Å². The molecule has 0 radical (unpaired) electrons. The van der Waals surface area contributed by atoms with E-state index in [1.807, 2.05) is 6.92 Å². The van der Waals surface area contributed by atoms with Gasteiger partial charge in [-0.2, -0.15) is 9.40 Å². The maximum Gasteiger partial charge on any atom is 0.243 e. The van der Waals surface area contributed by atoms with Crippen LogP contribution in [0.25, 0.3) is 5.82 Å². The Hall–Kier alpha value is -2.98. The van der Waals surface area contributed by atoms with Gasteiger partial charge in [0.15, 0.2) is 5.82 Å². The van der Waals surface area contributed by atoms with Gasteiger partial charge >= 0.3 is 0 Å². The first-order valence-corrected chi connectivity index (χ1v) is 11.1. The number of benzene rings is 1. The van der Waals surface area contributed by atoms with E-state index in [0.29, 0.717) is 43.4 Å². The molecule has 1 aromatic carbocycles. The van der Waals surface area contributed by atoms with E-state index in [4.69, 9.17) is 9.47 Å². The van der Waals surface area contributed by atoms with E-state index in [1.165, 1.54) is 4.31 Å². The second-order valence-corrected chi connectivity index (χ2v) is 8.97. The zero-order valence-corrected chi connectivity index (χ0v) is 17.6. The lowest BCUT2D eigenvalue weighted by Gasteiger charge is -2.31. The zero-order valence-electron chi connectivity index (χ0n) is 16.8. The standard InChI is InChI=1S/C20H23N5O4S/c1-15-14-17(4-5-18(15)28-2)30(26,27)24-12-8-16(9-13-24)29-20-7-6-19(22-23-20)25-11-3-10-21-25/h3-7,10-11,14,16H,8-9,12-13H2,1-2H3. The number of nitrogens with zero attached hydrogens (tertiary/aromatic N) is 5. The summed E-state index contributed by atoms with van der Waals surface area (Å²) in [6.07, 6.45) is 4.50. The summed E-state index contributed by atoms with van der Waals surface area (Å²) in [6.45, 7) is 2.60. The van der Waals surface area contributed by atoms with Gasteiger partial charge in [-0.05, 0) is 55.7 Å². The predicted molar refractivity (Wildman–Crippen MR) is 109 cm³/mol. The quantitative estimate of drug-likeness (QED) is 0.592. The van der Waals surface area contributed by atoms with Crippen molar-refractivity contribution in [3.8, 4) is 17.4 Å². The van der Waals surface area contributed by atoms with Crippen LogP contribution in [0.4, 0.5) is 0 Å². The fourth-order valence-electron chi connectivity index (χ4n) is 3.42. The minimum atomic E-state index is -3.55. The summed E-state index contributed by atoms with van der Waals surface area (Å²) in [4.78, 5) is 0.278. The van der Waals surface area contributed by atoms with Crippen molar-refractivity contribution in [2.45, 2.75) is 30.8 Å². The van der Waals surface area contributed by atoms with Crippen molar-refractivity contribution in [1.29, 1.82) is 0 Å². The maximum atomic E-state index is 13.0. The molecule has 158 valence electrons. The van der Waals surface area contributed by atoms with Crippen molar-refractivity contribution < 1.29 is 17.9 Å². The molecule has 10 heteroatoms. The van der Waals surface area contributed by atoms with Crippen molar-refractivity contribution >= 4 is 10.0 Å². The van der Waals surface area contributed by atoms with E-state index >= 15 is 0 Å². The Morgan fingerprint density at radius 2 is 1.90 bits per heavy atom. The third-order valence-corrected chi connectivity index (χ3v) is 6.95. The second-order valence-electron chi connectivity index (χ2n) is 7.03. The molecule has 1 fully saturated rings. The maximum absolute atomic E-state index is 13.0. The van der Waals surface area contributed by atoms with Gasteiger partial charge in [-0.1, -0.05) is 0 Å². The SMILES string of the molecule is COc1ccc(S(=O)(=O)N2CCC(Oc3ccc(-n4cccn4)nn3)CC2)cc1C. The minimum absolute atomic E-state index is 0.112. The third-order valence-electron chi connectivity index (χ3n) is 5.06. The zero-order chi connectivity index (χ0) is 21.1. The molecule has 0 amide bonds. The van der Waals surface area contributed by atoms with Crippen LogP contribution in [-0.4, -0.2) is 59.0 Å².